The summed E-state index contributed by atoms with van der Waals surface area (Å²) in [5, 5.41) is 8.81. The fourth-order valence-electron chi connectivity index (χ4n) is 2.25. The minimum absolute atomic E-state index is 0. The number of piperidine rings is 1. The van der Waals surface area contributed by atoms with E-state index in [0.717, 1.165) is 34.2 Å². The second-order valence-electron chi connectivity index (χ2n) is 4.19. The molecule has 8 heteroatoms. The van der Waals surface area contributed by atoms with Crippen LogP contribution in [0.4, 0.5) is 5.82 Å². The number of anilines is 1. The van der Waals surface area contributed by atoms with Gasteiger partial charge in [-0.3, -0.25) is 0 Å². The molecule has 0 saturated carbocycles. The van der Waals surface area contributed by atoms with Gasteiger partial charge < -0.3 is 11.1 Å². The molecule has 98 valence electrons. The number of nitrogens with zero attached hydrogens (tertiary/aromatic N) is 4. The van der Waals surface area contributed by atoms with Crippen LogP contribution < -0.4 is 11.1 Å². The third-order valence-corrected chi connectivity index (χ3v) is 3.85. The third-order valence-electron chi connectivity index (χ3n) is 3.09. The first-order valence-electron chi connectivity index (χ1n) is 5.62. The van der Waals surface area contributed by atoms with Gasteiger partial charge in [0.25, 0.3) is 0 Å². The maximum atomic E-state index is 5.88. The second kappa shape index (κ2) is 5.54. The van der Waals surface area contributed by atoms with Crippen molar-refractivity contribution in [1.29, 1.82) is 0 Å². The number of aromatic nitrogens is 4. The van der Waals surface area contributed by atoms with Crippen molar-refractivity contribution in [2.75, 3.05) is 18.8 Å². The van der Waals surface area contributed by atoms with E-state index in [-0.39, 0.29) is 12.4 Å². The van der Waals surface area contributed by atoms with Crippen molar-refractivity contribution in [2.24, 2.45) is 0 Å². The molecule has 0 unspecified atom stereocenters. The molecule has 18 heavy (non-hydrogen) atoms. The summed E-state index contributed by atoms with van der Waals surface area (Å²) in [6, 6.07) is 0.365. The molecular formula is C10H14ClIN6. The SMILES string of the molecule is Cl.Nc1ncnc2c1c(I)nn2[C@@H]1CCCNC1. The molecule has 0 radical (unpaired) electrons. The summed E-state index contributed by atoms with van der Waals surface area (Å²) < 4.78 is 2.86. The maximum Gasteiger partial charge on any atom is 0.164 e. The lowest BCUT2D eigenvalue weighted by molar-refractivity contribution is 0.352. The number of halogens is 2. The van der Waals surface area contributed by atoms with E-state index in [1.807, 2.05) is 4.68 Å². The van der Waals surface area contributed by atoms with Crippen molar-refractivity contribution < 1.29 is 0 Å². The molecular weight excluding hydrogens is 367 g/mol. The van der Waals surface area contributed by atoms with Crippen LogP contribution in [0, 0.1) is 3.70 Å². The Kier molecular flexibility index (Phi) is 4.23. The standard InChI is InChI=1S/C10H13IN6.ClH/c11-8-7-9(12)14-5-15-10(7)17(16-8)6-2-1-3-13-4-6;/h5-6,13H,1-4H2,(H2,12,14,15);1H/t6-;/m1./s1. The van der Waals surface area contributed by atoms with E-state index in [4.69, 9.17) is 5.73 Å². The van der Waals surface area contributed by atoms with Gasteiger partial charge in [-0.15, -0.1) is 12.4 Å². The zero-order chi connectivity index (χ0) is 11.8. The molecule has 0 aromatic carbocycles. The largest absolute Gasteiger partial charge is 0.383 e. The van der Waals surface area contributed by atoms with Gasteiger partial charge in [-0.25, -0.2) is 14.6 Å². The number of nitrogen functional groups attached to an aromatic ring is 1. The zero-order valence-corrected chi connectivity index (χ0v) is 12.6. The third kappa shape index (κ3) is 2.26. The predicted octanol–water partition coefficient (Wildman–Crippen LogP) is 1.36. The Hall–Kier alpha value is -0.670. The van der Waals surface area contributed by atoms with Gasteiger partial charge in [0.2, 0.25) is 0 Å². The van der Waals surface area contributed by atoms with Crippen molar-refractivity contribution in [2.45, 2.75) is 18.9 Å². The van der Waals surface area contributed by atoms with Crippen molar-refractivity contribution in [3.8, 4) is 0 Å². The minimum Gasteiger partial charge on any atom is -0.383 e. The lowest BCUT2D eigenvalue weighted by Crippen LogP contribution is -2.32. The topological polar surface area (TPSA) is 81.7 Å². The van der Waals surface area contributed by atoms with E-state index < -0.39 is 0 Å². The van der Waals surface area contributed by atoms with Crippen molar-refractivity contribution in [3.63, 3.8) is 0 Å². The maximum absolute atomic E-state index is 5.88. The van der Waals surface area contributed by atoms with Crippen LogP contribution in [0.15, 0.2) is 6.33 Å². The molecule has 1 atom stereocenters. The molecule has 3 heterocycles. The molecule has 0 spiro atoms. The Morgan fingerprint density at radius 1 is 1.44 bits per heavy atom. The number of fused-ring (bicyclic) bond motifs is 1. The quantitative estimate of drug-likeness (QED) is 0.730. The first-order chi connectivity index (χ1) is 8.27. The number of hydrogen-bond donors (Lipinski definition) is 2. The molecule has 3 N–H and O–H groups in total. The van der Waals surface area contributed by atoms with Crippen molar-refractivity contribution in [3.05, 3.63) is 10.0 Å². The monoisotopic (exact) mass is 380 g/mol. The Morgan fingerprint density at radius 3 is 3.00 bits per heavy atom. The van der Waals surface area contributed by atoms with E-state index in [1.54, 1.807) is 0 Å². The average Bonchev–Trinajstić information content (AvgIpc) is 2.69. The Morgan fingerprint density at radius 2 is 2.28 bits per heavy atom. The van der Waals surface area contributed by atoms with E-state index in [0.29, 0.717) is 11.9 Å². The van der Waals surface area contributed by atoms with Crippen molar-refractivity contribution >= 4 is 51.8 Å². The second-order valence-corrected chi connectivity index (χ2v) is 5.21. The highest BCUT2D eigenvalue weighted by Gasteiger charge is 2.21. The summed E-state index contributed by atoms with van der Waals surface area (Å²) in [5.41, 5.74) is 6.72. The van der Waals surface area contributed by atoms with Gasteiger partial charge in [-0.05, 0) is 42.0 Å². The lowest BCUT2D eigenvalue weighted by Gasteiger charge is -2.23. The van der Waals surface area contributed by atoms with Gasteiger partial charge in [0.05, 0.1) is 11.4 Å². The van der Waals surface area contributed by atoms with Gasteiger partial charge in [0, 0.05) is 6.54 Å². The summed E-state index contributed by atoms with van der Waals surface area (Å²) in [5.74, 6) is 0.509. The summed E-state index contributed by atoms with van der Waals surface area (Å²) in [4.78, 5) is 8.33. The molecule has 1 aliphatic rings. The molecule has 0 aliphatic carbocycles. The van der Waals surface area contributed by atoms with Gasteiger partial charge in [-0.1, -0.05) is 0 Å². The lowest BCUT2D eigenvalue weighted by atomic mass is 10.1. The number of hydrogen-bond acceptors (Lipinski definition) is 5. The first kappa shape index (κ1) is 13.8. The fourth-order valence-corrected chi connectivity index (χ4v) is 3.00. The molecule has 1 saturated heterocycles. The average molecular weight is 381 g/mol. The van der Waals surface area contributed by atoms with Crippen LogP contribution in [-0.4, -0.2) is 32.8 Å². The molecule has 1 aliphatic heterocycles. The van der Waals surface area contributed by atoms with Crippen LogP contribution in [0.1, 0.15) is 18.9 Å². The van der Waals surface area contributed by atoms with Crippen LogP contribution >= 0.6 is 35.0 Å². The van der Waals surface area contributed by atoms with Gasteiger partial charge in [0.15, 0.2) is 5.65 Å². The molecule has 0 amide bonds. The van der Waals surface area contributed by atoms with Gasteiger partial charge in [0.1, 0.15) is 15.8 Å². The molecule has 3 rings (SSSR count). The van der Waals surface area contributed by atoms with E-state index in [1.165, 1.54) is 12.7 Å². The smallest absolute Gasteiger partial charge is 0.164 e. The number of nitrogens with one attached hydrogen (secondary N) is 1. The van der Waals surface area contributed by atoms with E-state index in [9.17, 15) is 0 Å². The highest BCUT2D eigenvalue weighted by atomic mass is 127. The van der Waals surface area contributed by atoms with Crippen LogP contribution in [0.5, 0.6) is 0 Å². The normalized spacial score (nSPS) is 19.7. The number of nitrogens with two attached hydrogens (primary N) is 1. The summed E-state index contributed by atoms with van der Waals surface area (Å²) in [7, 11) is 0. The van der Waals surface area contributed by atoms with E-state index >= 15 is 0 Å². The highest BCUT2D eigenvalue weighted by molar-refractivity contribution is 14.1. The van der Waals surface area contributed by atoms with Crippen LogP contribution in [-0.2, 0) is 0 Å². The molecule has 2 aromatic rings. The molecule has 6 nitrogen and oxygen atoms in total. The van der Waals surface area contributed by atoms with Crippen LogP contribution in [0.2, 0.25) is 0 Å². The number of rotatable bonds is 1. The Bertz CT molecular complexity index is 551. The molecule has 1 fully saturated rings. The van der Waals surface area contributed by atoms with Gasteiger partial charge >= 0.3 is 0 Å². The summed E-state index contributed by atoms with van der Waals surface area (Å²) in [6.07, 6.45) is 3.80. The molecule has 0 bridgehead atoms. The van der Waals surface area contributed by atoms with Gasteiger partial charge in [-0.2, -0.15) is 5.10 Å². The Labute approximate surface area is 124 Å². The minimum atomic E-state index is 0. The predicted molar refractivity (Wildman–Crippen MR) is 80.8 cm³/mol. The molecule has 2 aromatic heterocycles. The van der Waals surface area contributed by atoms with Crippen LogP contribution in [0.25, 0.3) is 11.0 Å². The summed E-state index contributed by atoms with van der Waals surface area (Å²) >= 11 is 2.19. The zero-order valence-electron chi connectivity index (χ0n) is 9.64. The van der Waals surface area contributed by atoms with Crippen molar-refractivity contribution in [1.82, 2.24) is 25.1 Å². The Balaban J connectivity index is 0.00000120. The first-order valence-corrected chi connectivity index (χ1v) is 6.70. The fraction of sp³-hybridized carbons (Fsp3) is 0.500. The summed E-state index contributed by atoms with van der Waals surface area (Å²) in [6.45, 7) is 2.03. The van der Waals surface area contributed by atoms with E-state index in [2.05, 4.69) is 43.0 Å². The highest BCUT2D eigenvalue weighted by Crippen LogP contribution is 2.27. The van der Waals surface area contributed by atoms with Crippen LogP contribution in [0.3, 0.4) is 0 Å².